The normalized spacial score (nSPS) is 10.7. The SMILES string of the molecule is CCN(CC)c1ccc(CNCCCO)cc1F. The van der Waals surface area contributed by atoms with Crippen LogP contribution in [0.3, 0.4) is 0 Å². The van der Waals surface area contributed by atoms with Gasteiger partial charge in [0, 0.05) is 26.2 Å². The molecule has 0 spiro atoms. The molecule has 0 atom stereocenters. The van der Waals surface area contributed by atoms with Gasteiger partial charge in [0.05, 0.1) is 5.69 Å². The largest absolute Gasteiger partial charge is 0.396 e. The summed E-state index contributed by atoms with van der Waals surface area (Å²) < 4.78 is 13.9. The second-order valence-corrected chi connectivity index (χ2v) is 4.21. The first-order chi connectivity index (χ1) is 8.72. The van der Waals surface area contributed by atoms with E-state index >= 15 is 0 Å². The fourth-order valence-electron chi connectivity index (χ4n) is 1.92. The maximum atomic E-state index is 13.9. The molecule has 0 aliphatic carbocycles. The van der Waals surface area contributed by atoms with Crippen molar-refractivity contribution in [1.29, 1.82) is 0 Å². The van der Waals surface area contributed by atoms with Gasteiger partial charge in [0.15, 0.2) is 0 Å². The van der Waals surface area contributed by atoms with Crippen LogP contribution in [-0.4, -0.2) is 31.3 Å². The molecule has 0 saturated heterocycles. The summed E-state index contributed by atoms with van der Waals surface area (Å²) in [5.41, 5.74) is 1.60. The van der Waals surface area contributed by atoms with Gasteiger partial charge in [-0.1, -0.05) is 6.07 Å². The third-order valence-corrected chi connectivity index (χ3v) is 2.96. The summed E-state index contributed by atoms with van der Waals surface area (Å²) in [5, 5.41) is 11.8. The van der Waals surface area contributed by atoms with Gasteiger partial charge in [0.2, 0.25) is 0 Å². The minimum absolute atomic E-state index is 0.167. The molecule has 102 valence electrons. The molecular formula is C14H23FN2O. The van der Waals surface area contributed by atoms with Crippen LogP contribution in [-0.2, 0) is 6.54 Å². The molecular weight excluding hydrogens is 231 g/mol. The van der Waals surface area contributed by atoms with Crippen molar-refractivity contribution >= 4 is 5.69 Å². The van der Waals surface area contributed by atoms with E-state index in [-0.39, 0.29) is 12.4 Å². The third kappa shape index (κ3) is 4.27. The molecule has 0 fully saturated rings. The molecule has 1 aromatic rings. The predicted molar refractivity (Wildman–Crippen MR) is 73.4 cm³/mol. The zero-order valence-corrected chi connectivity index (χ0v) is 11.2. The van der Waals surface area contributed by atoms with Crippen molar-refractivity contribution < 1.29 is 9.50 Å². The highest BCUT2D eigenvalue weighted by Gasteiger charge is 2.08. The monoisotopic (exact) mass is 254 g/mol. The van der Waals surface area contributed by atoms with Crippen LogP contribution < -0.4 is 10.2 Å². The van der Waals surface area contributed by atoms with Crippen LogP contribution in [0.15, 0.2) is 18.2 Å². The van der Waals surface area contributed by atoms with E-state index in [2.05, 4.69) is 5.32 Å². The van der Waals surface area contributed by atoms with E-state index in [1.165, 1.54) is 0 Å². The van der Waals surface area contributed by atoms with E-state index in [0.29, 0.717) is 12.2 Å². The molecule has 0 aliphatic rings. The van der Waals surface area contributed by atoms with E-state index in [1.807, 2.05) is 30.9 Å². The Kier molecular flexibility index (Phi) is 6.68. The van der Waals surface area contributed by atoms with Crippen molar-refractivity contribution in [3.05, 3.63) is 29.6 Å². The Hall–Kier alpha value is -1.13. The number of benzene rings is 1. The van der Waals surface area contributed by atoms with Crippen LogP contribution in [0.25, 0.3) is 0 Å². The highest BCUT2D eigenvalue weighted by Crippen LogP contribution is 2.20. The first-order valence-corrected chi connectivity index (χ1v) is 6.57. The Morgan fingerprint density at radius 1 is 1.28 bits per heavy atom. The molecule has 0 aliphatic heterocycles. The second-order valence-electron chi connectivity index (χ2n) is 4.21. The lowest BCUT2D eigenvalue weighted by atomic mass is 10.1. The van der Waals surface area contributed by atoms with Crippen LogP contribution in [0.1, 0.15) is 25.8 Å². The van der Waals surface area contributed by atoms with Crippen LogP contribution in [0, 0.1) is 5.82 Å². The number of hydrogen-bond acceptors (Lipinski definition) is 3. The molecule has 3 nitrogen and oxygen atoms in total. The summed E-state index contributed by atoms with van der Waals surface area (Å²) in [6.07, 6.45) is 0.722. The highest BCUT2D eigenvalue weighted by molar-refractivity contribution is 5.49. The molecule has 18 heavy (non-hydrogen) atoms. The van der Waals surface area contributed by atoms with Gasteiger partial charge in [-0.25, -0.2) is 4.39 Å². The molecule has 2 N–H and O–H groups in total. The lowest BCUT2D eigenvalue weighted by molar-refractivity contribution is 0.286. The molecule has 0 saturated carbocycles. The minimum Gasteiger partial charge on any atom is -0.396 e. The predicted octanol–water partition coefficient (Wildman–Crippen LogP) is 2.14. The van der Waals surface area contributed by atoms with E-state index in [0.717, 1.165) is 31.6 Å². The topological polar surface area (TPSA) is 35.5 Å². The maximum absolute atomic E-state index is 13.9. The summed E-state index contributed by atoms with van der Waals surface area (Å²) >= 11 is 0. The Labute approximate surface area is 109 Å². The van der Waals surface area contributed by atoms with Gasteiger partial charge in [-0.3, -0.25) is 0 Å². The number of aliphatic hydroxyl groups is 1. The molecule has 4 heteroatoms. The van der Waals surface area contributed by atoms with E-state index in [1.54, 1.807) is 6.07 Å². The Morgan fingerprint density at radius 3 is 2.56 bits per heavy atom. The quantitative estimate of drug-likeness (QED) is 0.698. The van der Waals surface area contributed by atoms with Crippen LogP contribution in [0.5, 0.6) is 0 Å². The molecule has 0 aromatic heterocycles. The Balaban J connectivity index is 2.61. The summed E-state index contributed by atoms with van der Waals surface area (Å²) in [6, 6.07) is 5.37. The first-order valence-electron chi connectivity index (χ1n) is 6.57. The summed E-state index contributed by atoms with van der Waals surface area (Å²) in [6.45, 7) is 7.22. The van der Waals surface area contributed by atoms with E-state index in [9.17, 15) is 4.39 Å². The minimum atomic E-state index is -0.167. The van der Waals surface area contributed by atoms with Crippen LogP contribution >= 0.6 is 0 Å². The molecule has 0 unspecified atom stereocenters. The van der Waals surface area contributed by atoms with Gasteiger partial charge in [0.1, 0.15) is 5.82 Å². The summed E-state index contributed by atoms with van der Waals surface area (Å²) in [5.74, 6) is -0.167. The van der Waals surface area contributed by atoms with Crippen molar-refractivity contribution in [2.75, 3.05) is 31.1 Å². The Morgan fingerprint density at radius 2 is 2.00 bits per heavy atom. The fraction of sp³-hybridized carbons (Fsp3) is 0.571. The molecule has 0 heterocycles. The van der Waals surface area contributed by atoms with Gasteiger partial charge >= 0.3 is 0 Å². The summed E-state index contributed by atoms with van der Waals surface area (Å²) in [4.78, 5) is 2.00. The standard InChI is InChI=1S/C14H23FN2O/c1-3-17(4-2)14-7-6-12(10-13(14)15)11-16-8-5-9-18/h6-7,10,16,18H,3-5,8-9,11H2,1-2H3. The maximum Gasteiger partial charge on any atom is 0.146 e. The lowest BCUT2D eigenvalue weighted by Gasteiger charge is -2.22. The van der Waals surface area contributed by atoms with Crippen molar-refractivity contribution in [2.45, 2.75) is 26.8 Å². The molecule has 1 aromatic carbocycles. The number of nitrogens with one attached hydrogen (secondary N) is 1. The van der Waals surface area contributed by atoms with Gasteiger partial charge in [0.25, 0.3) is 0 Å². The van der Waals surface area contributed by atoms with E-state index in [4.69, 9.17) is 5.11 Å². The fourth-order valence-corrected chi connectivity index (χ4v) is 1.92. The Bertz CT molecular complexity index is 354. The number of aliphatic hydroxyl groups excluding tert-OH is 1. The molecule has 0 amide bonds. The molecule has 1 rings (SSSR count). The number of halogens is 1. The van der Waals surface area contributed by atoms with E-state index < -0.39 is 0 Å². The molecule has 0 bridgehead atoms. The van der Waals surface area contributed by atoms with Crippen LogP contribution in [0.2, 0.25) is 0 Å². The van der Waals surface area contributed by atoms with Crippen molar-refractivity contribution in [3.8, 4) is 0 Å². The number of hydrogen-bond donors (Lipinski definition) is 2. The van der Waals surface area contributed by atoms with Crippen molar-refractivity contribution in [2.24, 2.45) is 0 Å². The van der Waals surface area contributed by atoms with Gasteiger partial charge < -0.3 is 15.3 Å². The summed E-state index contributed by atoms with van der Waals surface area (Å²) in [7, 11) is 0. The van der Waals surface area contributed by atoms with Gasteiger partial charge in [-0.15, -0.1) is 0 Å². The number of nitrogens with zero attached hydrogens (tertiary/aromatic N) is 1. The zero-order valence-electron chi connectivity index (χ0n) is 11.2. The average Bonchev–Trinajstić information content (AvgIpc) is 2.38. The smallest absolute Gasteiger partial charge is 0.146 e. The lowest BCUT2D eigenvalue weighted by Crippen LogP contribution is -2.23. The average molecular weight is 254 g/mol. The number of anilines is 1. The zero-order chi connectivity index (χ0) is 13.4. The van der Waals surface area contributed by atoms with Crippen molar-refractivity contribution in [1.82, 2.24) is 5.32 Å². The van der Waals surface area contributed by atoms with Gasteiger partial charge in [-0.2, -0.15) is 0 Å². The molecule has 0 radical (unpaired) electrons. The second kappa shape index (κ2) is 8.06. The number of rotatable bonds is 8. The third-order valence-electron chi connectivity index (χ3n) is 2.96. The van der Waals surface area contributed by atoms with Crippen molar-refractivity contribution in [3.63, 3.8) is 0 Å². The first kappa shape index (κ1) is 14.9. The van der Waals surface area contributed by atoms with Crippen LogP contribution in [0.4, 0.5) is 10.1 Å². The highest BCUT2D eigenvalue weighted by atomic mass is 19.1. The van der Waals surface area contributed by atoms with Gasteiger partial charge in [-0.05, 0) is 44.5 Å².